The van der Waals surface area contributed by atoms with Crippen LogP contribution in [0, 0.1) is 17.3 Å². The van der Waals surface area contributed by atoms with Gasteiger partial charge in [-0.15, -0.1) is 0 Å². The average molecular weight is 474 g/mol. The number of carbonyl (C=O) groups is 1. The average Bonchev–Trinajstić information content (AvgIpc) is 2.74. The van der Waals surface area contributed by atoms with Crippen molar-refractivity contribution in [1.82, 2.24) is 9.78 Å². The van der Waals surface area contributed by atoms with Crippen LogP contribution in [-0.4, -0.2) is 35.1 Å². The molecule has 0 saturated heterocycles. The van der Waals surface area contributed by atoms with Gasteiger partial charge in [0, 0.05) is 23.9 Å². The zero-order valence-corrected chi connectivity index (χ0v) is 19.5. The van der Waals surface area contributed by atoms with Crippen molar-refractivity contribution in [3.63, 3.8) is 0 Å². The van der Waals surface area contributed by atoms with Gasteiger partial charge in [0.25, 0.3) is 5.56 Å². The summed E-state index contributed by atoms with van der Waals surface area (Å²) >= 11 is 6.56. The van der Waals surface area contributed by atoms with Crippen LogP contribution in [0.3, 0.4) is 0 Å². The molecule has 33 heavy (non-hydrogen) atoms. The van der Waals surface area contributed by atoms with Crippen LogP contribution in [0.25, 0.3) is 0 Å². The van der Waals surface area contributed by atoms with Crippen LogP contribution in [0.15, 0.2) is 29.2 Å². The summed E-state index contributed by atoms with van der Waals surface area (Å²) in [6.45, 7) is 0. The van der Waals surface area contributed by atoms with Gasteiger partial charge < -0.3 is 19.9 Å². The van der Waals surface area contributed by atoms with Crippen LogP contribution < -0.4 is 20.3 Å². The van der Waals surface area contributed by atoms with E-state index in [1.54, 1.807) is 43.3 Å². The molecule has 8 nitrogen and oxygen atoms in total. The summed E-state index contributed by atoms with van der Waals surface area (Å²) in [5.74, 6) is 1.30. The lowest BCUT2D eigenvalue weighted by atomic mass is 9.46. The summed E-state index contributed by atoms with van der Waals surface area (Å²) in [5, 5.41) is 17.3. The number of nitrogens with one attached hydrogen (secondary N) is 1. The maximum Gasteiger partial charge on any atom is 0.303 e. The Morgan fingerprint density at radius 2 is 1.82 bits per heavy atom. The molecule has 176 valence electrons. The van der Waals surface area contributed by atoms with E-state index in [0.717, 1.165) is 32.1 Å². The molecule has 1 aromatic carbocycles. The molecular formula is C24H28ClN3O5. The number of rotatable bonds is 7. The minimum atomic E-state index is -0.765. The third-order valence-corrected chi connectivity index (χ3v) is 8.04. The van der Waals surface area contributed by atoms with Crippen LogP contribution in [0.5, 0.6) is 11.5 Å². The number of aromatic nitrogens is 2. The first-order valence-corrected chi connectivity index (χ1v) is 11.6. The molecule has 4 aliphatic rings. The van der Waals surface area contributed by atoms with Gasteiger partial charge in [-0.1, -0.05) is 11.6 Å². The highest BCUT2D eigenvalue weighted by molar-refractivity contribution is 6.33. The van der Waals surface area contributed by atoms with Crippen molar-refractivity contribution >= 4 is 28.9 Å². The van der Waals surface area contributed by atoms with E-state index in [1.165, 1.54) is 0 Å². The van der Waals surface area contributed by atoms with E-state index in [1.807, 2.05) is 0 Å². The molecule has 0 spiro atoms. The Labute approximate surface area is 196 Å². The van der Waals surface area contributed by atoms with Crippen molar-refractivity contribution < 1.29 is 19.4 Å². The first-order valence-electron chi connectivity index (χ1n) is 11.2. The highest BCUT2D eigenvalue weighted by Crippen LogP contribution is 2.65. The number of carboxylic acids is 1. The molecule has 4 bridgehead atoms. The van der Waals surface area contributed by atoms with E-state index < -0.39 is 11.5 Å². The third kappa shape index (κ3) is 3.84. The summed E-state index contributed by atoms with van der Waals surface area (Å²) < 4.78 is 12.2. The monoisotopic (exact) mass is 473 g/mol. The number of ether oxygens (including phenoxy) is 2. The first-order chi connectivity index (χ1) is 15.7. The fourth-order valence-corrected chi connectivity index (χ4v) is 7.25. The zero-order valence-electron chi connectivity index (χ0n) is 18.8. The number of hydrogen-bond acceptors (Lipinski definition) is 6. The summed E-state index contributed by atoms with van der Waals surface area (Å²) in [6, 6.07) is 5.31. The van der Waals surface area contributed by atoms with Crippen molar-refractivity contribution in [2.24, 2.45) is 17.3 Å². The van der Waals surface area contributed by atoms with Crippen LogP contribution >= 0.6 is 11.6 Å². The minimum absolute atomic E-state index is 0.0646. The summed E-state index contributed by atoms with van der Waals surface area (Å²) in [4.78, 5) is 25.1. The van der Waals surface area contributed by atoms with E-state index in [2.05, 4.69) is 10.4 Å². The van der Waals surface area contributed by atoms with E-state index in [0.29, 0.717) is 41.1 Å². The number of hydrogen-bond donors (Lipinski definition) is 2. The Bertz CT molecular complexity index is 1130. The molecule has 2 aromatic rings. The van der Waals surface area contributed by atoms with E-state index in [9.17, 15) is 14.7 Å². The van der Waals surface area contributed by atoms with Crippen molar-refractivity contribution in [3.8, 4) is 11.5 Å². The molecule has 0 aliphatic heterocycles. The fraction of sp³-hybridized carbons (Fsp3) is 0.542. The van der Waals surface area contributed by atoms with Gasteiger partial charge >= 0.3 is 5.97 Å². The molecule has 0 amide bonds. The summed E-state index contributed by atoms with van der Waals surface area (Å²) in [7, 11) is 3.13. The molecule has 6 rings (SSSR count). The van der Waals surface area contributed by atoms with E-state index in [4.69, 9.17) is 21.1 Å². The molecule has 4 saturated carbocycles. The molecule has 4 aliphatic carbocycles. The highest BCUT2D eigenvalue weighted by atomic mass is 35.5. The van der Waals surface area contributed by atoms with Gasteiger partial charge in [-0.25, -0.2) is 4.68 Å². The molecule has 2 N–H and O–H groups in total. The van der Waals surface area contributed by atoms with Gasteiger partial charge in [0.2, 0.25) is 0 Å². The smallest absolute Gasteiger partial charge is 0.303 e. The molecule has 4 fully saturated rings. The maximum atomic E-state index is 13.4. The van der Waals surface area contributed by atoms with Crippen molar-refractivity contribution in [1.29, 1.82) is 0 Å². The van der Waals surface area contributed by atoms with Gasteiger partial charge in [-0.05, 0) is 55.8 Å². The van der Waals surface area contributed by atoms with Crippen LogP contribution in [-0.2, 0) is 10.3 Å². The normalized spacial score (nSPS) is 29.7. The van der Waals surface area contributed by atoms with Gasteiger partial charge in [0.15, 0.2) is 0 Å². The predicted octanol–water partition coefficient (Wildman–Crippen LogP) is 4.43. The van der Waals surface area contributed by atoms with E-state index in [-0.39, 0.29) is 22.4 Å². The Morgan fingerprint density at radius 1 is 1.18 bits per heavy atom. The van der Waals surface area contributed by atoms with Gasteiger partial charge in [0.05, 0.1) is 38.1 Å². The highest BCUT2D eigenvalue weighted by Gasteiger charge is 2.59. The molecular weight excluding hydrogens is 446 g/mol. The van der Waals surface area contributed by atoms with Crippen LogP contribution in [0.1, 0.15) is 44.9 Å². The number of aliphatic carboxylic acids is 1. The maximum absolute atomic E-state index is 13.4. The Kier molecular flexibility index (Phi) is 5.31. The quantitative estimate of drug-likeness (QED) is 0.613. The molecule has 9 heteroatoms. The second-order valence-electron chi connectivity index (χ2n) is 10.1. The summed E-state index contributed by atoms with van der Waals surface area (Å²) in [5.41, 5.74) is -0.000319. The van der Waals surface area contributed by atoms with Crippen molar-refractivity contribution in [3.05, 3.63) is 39.8 Å². The topological polar surface area (TPSA) is 103 Å². The van der Waals surface area contributed by atoms with Gasteiger partial charge in [0.1, 0.15) is 16.5 Å². The first kappa shape index (κ1) is 22.1. The minimum Gasteiger partial charge on any atom is -0.497 e. The third-order valence-electron chi connectivity index (χ3n) is 7.68. The fourth-order valence-electron chi connectivity index (χ4n) is 7.07. The molecule has 1 heterocycles. The van der Waals surface area contributed by atoms with Crippen LogP contribution in [0.4, 0.5) is 11.4 Å². The van der Waals surface area contributed by atoms with Gasteiger partial charge in [-0.3, -0.25) is 9.59 Å². The lowest BCUT2D eigenvalue weighted by Crippen LogP contribution is -2.59. The predicted molar refractivity (Wildman–Crippen MR) is 124 cm³/mol. The van der Waals surface area contributed by atoms with Crippen molar-refractivity contribution in [2.75, 3.05) is 19.5 Å². The van der Waals surface area contributed by atoms with Crippen molar-refractivity contribution in [2.45, 2.75) is 50.5 Å². The Hall–Kier alpha value is -2.74. The second kappa shape index (κ2) is 7.94. The lowest BCUT2D eigenvalue weighted by Gasteiger charge is -2.61. The van der Waals surface area contributed by atoms with Crippen LogP contribution in [0.2, 0.25) is 5.02 Å². The number of nitrogens with zero attached hydrogens (tertiary/aromatic N) is 2. The number of methoxy groups -OCH3 is 2. The van der Waals surface area contributed by atoms with E-state index >= 15 is 0 Å². The molecule has 4 atom stereocenters. The number of anilines is 2. The number of halogens is 1. The number of carboxylic acid groups (broad SMARTS) is 1. The van der Waals surface area contributed by atoms with Gasteiger partial charge in [-0.2, -0.15) is 5.10 Å². The molecule has 1 aromatic heterocycles. The number of benzene rings is 1. The SMILES string of the molecule is COc1cc(Nc2cnn(C34C[C@@H]5C[C@@H](CC(CC(=O)O)(C5)C3)C4)c(=O)c2Cl)cc(OC)c1. The Balaban J connectivity index is 1.49. The Morgan fingerprint density at radius 3 is 2.39 bits per heavy atom. The standard InChI is InChI=1S/C24H28ClN3O5/c1-32-17-4-16(5-18(6-17)33-2)27-19-12-26-28(22(31)21(19)25)24-9-14-3-15(10-24)8-23(7-14,13-24)11-20(29)30/h4-6,12,14-15,27H,3,7-11,13H2,1-2H3,(H,29,30)/t14-,15+,23?,24?. The molecule has 0 radical (unpaired) electrons. The zero-order chi connectivity index (χ0) is 23.4. The molecule has 2 unspecified atom stereocenters. The largest absolute Gasteiger partial charge is 0.497 e. The summed E-state index contributed by atoms with van der Waals surface area (Å²) in [6.07, 6.45) is 7.08. The second-order valence-corrected chi connectivity index (χ2v) is 10.4. The lowest BCUT2D eigenvalue weighted by molar-refractivity contribution is -0.151.